The molecule has 0 aliphatic rings. The van der Waals surface area contributed by atoms with Gasteiger partial charge < -0.3 is 0 Å². The fraction of sp³-hybridized carbons (Fsp3) is 0.200. The first-order chi connectivity index (χ1) is 8.00. The summed E-state index contributed by atoms with van der Waals surface area (Å²) < 4.78 is 0. The Balaban J connectivity index is 2.92. The van der Waals surface area contributed by atoms with E-state index in [1.165, 1.54) is 25.5 Å². The maximum atomic E-state index is 11.1. The third kappa shape index (κ3) is 4.08. The minimum atomic E-state index is -0.254. The topological polar surface area (TPSA) is 34.1 Å². The maximum Gasteiger partial charge on any atom is 0.164 e. The summed E-state index contributed by atoms with van der Waals surface area (Å²) in [5, 5.41) is 0. The van der Waals surface area contributed by atoms with Crippen LogP contribution in [0.5, 0.6) is 0 Å². The first kappa shape index (κ1) is 12.9. The Hall–Kier alpha value is -2.14. The first-order valence-electron chi connectivity index (χ1n) is 5.31. The van der Waals surface area contributed by atoms with Gasteiger partial charge in [-0.2, -0.15) is 0 Å². The van der Waals surface area contributed by atoms with Gasteiger partial charge in [0.1, 0.15) is 0 Å². The lowest BCUT2D eigenvalue weighted by molar-refractivity contribution is -0.119. The van der Waals surface area contributed by atoms with E-state index in [4.69, 9.17) is 0 Å². The summed E-state index contributed by atoms with van der Waals surface area (Å²) in [5.41, 5.74) is 2.17. The Kier molecular flexibility index (Phi) is 4.42. The Bertz CT molecular complexity index is 506. The molecule has 86 valence electrons. The van der Waals surface area contributed by atoms with Crippen molar-refractivity contribution < 1.29 is 9.59 Å². The van der Waals surface area contributed by atoms with Crippen LogP contribution in [0.2, 0.25) is 0 Å². The molecular weight excluding hydrogens is 212 g/mol. The lowest BCUT2D eigenvalue weighted by atomic mass is 10.1. The predicted octanol–water partition coefficient (Wildman–Crippen LogP) is 2.45. The van der Waals surface area contributed by atoms with E-state index in [1.807, 2.05) is 31.2 Å². The minimum absolute atomic E-state index is 0.143. The summed E-state index contributed by atoms with van der Waals surface area (Å²) in [6.07, 6.45) is 1.38. The van der Waals surface area contributed by atoms with Gasteiger partial charge in [-0.1, -0.05) is 29.5 Å². The van der Waals surface area contributed by atoms with Crippen LogP contribution in [-0.4, -0.2) is 11.6 Å². The second-order valence-corrected chi connectivity index (χ2v) is 3.81. The third-order valence-electron chi connectivity index (χ3n) is 2.24. The summed E-state index contributed by atoms with van der Waals surface area (Å²) in [6.45, 7) is 4.72. The molecule has 0 radical (unpaired) electrons. The van der Waals surface area contributed by atoms with Crippen LogP contribution < -0.4 is 0 Å². The molecule has 2 heteroatoms. The SMILES string of the molecule is CC(=O)C(=CC#Cc1ccc(C)cc1)C(C)=O. The molecule has 0 amide bonds. The molecule has 0 unspecified atom stereocenters. The number of carbonyl (C=O) groups is 2. The van der Waals surface area contributed by atoms with Gasteiger partial charge in [0.05, 0.1) is 5.57 Å². The van der Waals surface area contributed by atoms with Crippen LogP contribution in [0.25, 0.3) is 0 Å². The number of aryl methyl sites for hydroxylation is 1. The average molecular weight is 226 g/mol. The van der Waals surface area contributed by atoms with Crippen LogP contribution in [0.15, 0.2) is 35.9 Å². The summed E-state index contributed by atoms with van der Waals surface area (Å²) in [5.74, 6) is 5.10. The average Bonchev–Trinajstić information content (AvgIpc) is 2.25. The van der Waals surface area contributed by atoms with E-state index in [0.717, 1.165) is 5.56 Å². The van der Waals surface area contributed by atoms with Gasteiger partial charge in [-0.15, -0.1) is 0 Å². The molecule has 0 N–H and O–H groups in total. The Morgan fingerprint density at radius 2 is 1.59 bits per heavy atom. The maximum absolute atomic E-state index is 11.1. The second kappa shape index (κ2) is 5.81. The summed E-state index contributed by atoms with van der Waals surface area (Å²) >= 11 is 0. The van der Waals surface area contributed by atoms with Crippen LogP contribution >= 0.6 is 0 Å². The van der Waals surface area contributed by atoms with Gasteiger partial charge in [-0.05, 0) is 32.9 Å². The van der Waals surface area contributed by atoms with E-state index >= 15 is 0 Å². The highest BCUT2D eigenvalue weighted by Crippen LogP contribution is 2.01. The molecule has 1 aromatic rings. The van der Waals surface area contributed by atoms with Gasteiger partial charge in [-0.3, -0.25) is 9.59 Å². The molecule has 0 aromatic heterocycles. The highest BCUT2D eigenvalue weighted by Gasteiger charge is 2.07. The molecule has 2 nitrogen and oxygen atoms in total. The van der Waals surface area contributed by atoms with E-state index in [-0.39, 0.29) is 17.1 Å². The van der Waals surface area contributed by atoms with Crippen molar-refractivity contribution in [2.24, 2.45) is 0 Å². The largest absolute Gasteiger partial charge is 0.294 e. The third-order valence-corrected chi connectivity index (χ3v) is 2.24. The fourth-order valence-electron chi connectivity index (χ4n) is 1.28. The Labute approximate surface area is 101 Å². The molecule has 0 atom stereocenters. The van der Waals surface area contributed by atoms with Crippen molar-refractivity contribution >= 4 is 11.6 Å². The molecular formula is C15H14O2. The zero-order valence-corrected chi connectivity index (χ0v) is 10.2. The van der Waals surface area contributed by atoms with Gasteiger partial charge in [0.25, 0.3) is 0 Å². The molecule has 1 aromatic carbocycles. The molecule has 0 bridgehead atoms. The van der Waals surface area contributed by atoms with Gasteiger partial charge in [0.2, 0.25) is 0 Å². The number of benzene rings is 1. The molecule has 0 aliphatic carbocycles. The molecule has 0 fully saturated rings. The quantitative estimate of drug-likeness (QED) is 0.336. The lowest BCUT2D eigenvalue weighted by Gasteiger charge is -1.93. The highest BCUT2D eigenvalue weighted by molar-refractivity contribution is 6.18. The lowest BCUT2D eigenvalue weighted by Crippen LogP contribution is -2.05. The van der Waals surface area contributed by atoms with Crippen LogP contribution in [0, 0.1) is 18.8 Å². The summed E-state index contributed by atoms with van der Waals surface area (Å²) in [4.78, 5) is 22.2. The van der Waals surface area contributed by atoms with Crippen molar-refractivity contribution in [1.82, 2.24) is 0 Å². The fourth-order valence-corrected chi connectivity index (χ4v) is 1.28. The molecule has 0 spiro atoms. The predicted molar refractivity (Wildman–Crippen MR) is 67.5 cm³/mol. The normalized spacial score (nSPS) is 8.88. The molecule has 0 heterocycles. The zero-order chi connectivity index (χ0) is 12.8. The van der Waals surface area contributed by atoms with Gasteiger partial charge in [0, 0.05) is 11.6 Å². The number of Topliss-reactive ketones (excluding diaryl/α,β-unsaturated/α-hetero) is 2. The van der Waals surface area contributed by atoms with Crippen molar-refractivity contribution in [1.29, 1.82) is 0 Å². The smallest absolute Gasteiger partial charge is 0.164 e. The number of hydrogen-bond acceptors (Lipinski definition) is 2. The molecule has 17 heavy (non-hydrogen) atoms. The van der Waals surface area contributed by atoms with Crippen molar-refractivity contribution in [2.75, 3.05) is 0 Å². The second-order valence-electron chi connectivity index (χ2n) is 3.81. The molecule has 0 aliphatic heterocycles. The minimum Gasteiger partial charge on any atom is -0.294 e. The van der Waals surface area contributed by atoms with Crippen LogP contribution in [0.4, 0.5) is 0 Å². The van der Waals surface area contributed by atoms with E-state index in [2.05, 4.69) is 11.8 Å². The van der Waals surface area contributed by atoms with Gasteiger partial charge in [-0.25, -0.2) is 0 Å². The van der Waals surface area contributed by atoms with Crippen molar-refractivity contribution in [3.63, 3.8) is 0 Å². The van der Waals surface area contributed by atoms with Crippen molar-refractivity contribution in [3.8, 4) is 11.8 Å². The Morgan fingerprint density at radius 3 is 2.06 bits per heavy atom. The monoisotopic (exact) mass is 226 g/mol. The van der Waals surface area contributed by atoms with E-state index in [9.17, 15) is 9.59 Å². The van der Waals surface area contributed by atoms with E-state index in [1.54, 1.807) is 0 Å². The molecule has 1 rings (SSSR count). The summed E-state index contributed by atoms with van der Waals surface area (Å²) in [7, 11) is 0. The van der Waals surface area contributed by atoms with Crippen LogP contribution in [-0.2, 0) is 9.59 Å². The Morgan fingerprint density at radius 1 is 1.06 bits per heavy atom. The van der Waals surface area contributed by atoms with Crippen molar-refractivity contribution in [3.05, 3.63) is 47.0 Å². The summed E-state index contributed by atoms with van der Waals surface area (Å²) in [6, 6.07) is 7.73. The van der Waals surface area contributed by atoms with Crippen LogP contribution in [0.3, 0.4) is 0 Å². The number of allylic oxidation sites excluding steroid dienone is 2. The van der Waals surface area contributed by atoms with Gasteiger partial charge in [0.15, 0.2) is 11.6 Å². The highest BCUT2D eigenvalue weighted by atomic mass is 16.1. The number of rotatable bonds is 2. The van der Waals surface area contributed by atoms with E-state index < -0.39 is 0 Å². The van der Waals surface area contributed by atoms with Crippen molar-refractivity contribution in [2.45, 2.75) is 20.8 Å². The number of carbonyl (C=O) groups excluding carboxylic acids is 2. The number of hydrogen-bond donors (Lipinski definition) is 0. The molecule has 0 saturated carbocycles. The standard InChI is InChI=1S/C15H14O2/c1-11-7-9-14(10-8-11)5-4-6-15(12(2)16)13(3)17/h6-10H,1-3H3. The van der Waals surface area contributed by atoms with E-state index in [0.29, 0.717) is 0 Å². The van der Waals surface area contributed by atoms with Gasteiger partial charge >= 0.3 is 0 Å². The zero-order valence-electron chi connectivity index (χ0n) is 10.2. The van der Waals surface area contributed by atoms with Crippen LogP contribution in [0.1, 0.15) is 25.0 Å². The number of ketones is 2. The first-order valence-corrected chi connectivity index (χ1v) is 5.31. The molecule has 0 saturated heterocycles.